The Hall–Kier alpha value is -2.57. The fourth-order valence-corrected chi connectivity index (χ4v) is 3.63. The first-order valence-corrected chi connectivity index (χ1v) is 11.2. The molecular formula is C24H37N3O4. The number of carbonyl (C=O) groups excluding carboxylic acids is 3. The van der Waals surface area contributed by atoms with Crippen molar-refractivity contribution >= 4 is 17.7 Å². The largest absolute Gasteiger partial charge is 0.496 e. The third-order valence-electron chi connectivity index (χ3n) is 6.12. The van der Waals surface area contributed by atoms with Crippen molar-refractivity contribution in [3.63, 3.8) is 0 Å². The van der Waals surface area contributed by atoms with Gasteiger partial charge in [0, 0.05) is 25.0 Å². The molecule has 1 fully saturated rings. The van der Waals surface area contributed by atoms with Crippen LogP contribution >= 0.6 is 0 Å². The Kier molecular flexibility index (Phi) is 8.89. The summed E-state index contributed by atoms with van der Waals surface area (Å²) in [5.41, 5.74) is 0.401. The van der Waals surface area contributed by atoms with Crippen molar-refractivity contribution in [2.75, 3.05) is 20.2 Å². The molecule has 1 aliphatic heterocycles. The van der Waals surface area contributed by atoms with E-state index in [1.807, 2.05) is 20.8 Å². The van der Waals surface area contributed by atoms with E-state index in [4.69, 9.17) is 4.74 Å². The molecule has 172 valence electrons. The van der Waals surface area contributed by atoms with E-state index in [2.05, 4.69) is 24.5 Å². The lowest BCUT2D eigenvalue weighted by Crippen LogP contribution is -2.54. The molecule has 0 radical (unpaired) electrons. The van der Waals surface area contributed by atoms with Crippen LogP contribution in [0.25, 0.3) is 0 Å². The van der Waals surface area contributed by atoms with Gasteiger partial charge in [-0.2, -0.15) is 0 Å². The number of hydrogen-bond acceptors (Lipinski definition) is 4. The second-order valence-electron chi connectivity index (χ2n) is 9.04. The zero-order valence-corrected chi connectivity index (χ0v) is 19.6. The summed E-state index contributed by atoms with van der Waals surface area (Å²) in [5, 5.41) is 5.97. The number of likely N-dealkylation sites (tertiary alicyclic amines) is 1. The second kappa shape index (κ2) is 11.2. The summed E-state index contributed by atoms with van der Waals surface area (Å²) in [6.07, 6.45) is 1.27. The number of piperidine rings is 1. The number of amides is 3. The minimum absolute atomic E-state index is 0.0678. The van der Waals surface area contributed by atoms with Crippen LogP contribution in [-0.4, -0.2) is 54.9 Å². The SMILES string of the molecule is COc1ccccc1C(=O)NC(C(=O)N1CCC(C(=O)NC(C)C(C)C)CC1)C(C)C. The van der Waals surface area contributed by atoms with Gasteiger partial charge >= 0.3 is 0 Å². The lowest BCUT2D eigenvalue weighted by atomic mass is 9.93. The topological polar surface area (TPSA) is 87.7 Å². The van der Waals surface area contributed by atoms with Gasteiger partial charge in [-0.1, -0.05) is 39.8 Å². The number of methoxy groups -OCH3 is 1. The van der Waals surface area contributed by atoms with Gasteiger partial charge in [0.2, 0.25) is 11.8 Å². The van der Waals surface area contributed by atoms with Crippen LogP contribution in [-0.2, 0) is 9.59 Å². The first kappa shape index (κ1) is 24.7. The molecule has 1 aromatic rings. The van der Waals surface area contributed by atoms with E-state index in [0.717, 1.165) is 0 Å². The highest BCUT2D eigenvalue weighted by Crippen LogP contribution is 2.21. The molecule has 0 spiro atoms. The highest BCUT2D eigenvalue weighted by atomic mass is 16.5. The van der Waals surface area contributed by atoms with E-state index < -0.39 is 6.04 Å². The van der Waals surface area contributed by atoms with Gasteiger partial charge in [-0.05, 0) is 43.7 Å². The highest BCUT2D eigenvalue weighted by molar-refractivity contribution is 5.99. The van der Waals surface area contributed by atoms with Crippen LogP contribution in [0.1, 0.15) is 57.8 Å². The quantitative estimate of drug-likeness (QED) is 0.663. The Balaban J connectivity index is 1.98. The van der Waals surface area contributed by atoms with E-state index in [-0.39, 0.29) is 35.6 Å². The fraction of sp³-hybridized carbons (Fsp3) is 0.625. The van der Waals surface area contributed by atoms with Crippen molar-refractivity contribution in [2.24, 2.45) is 17.8 Å². The van der Waals surface area contributed by atoms with Gasteiger partial charge in [-0.15, -0.1) is 0 Å². The number of ether oxygens (including phenoxy) is 1. The van der Waals surface area contributed by atoms with Gasteiger partial charge in [0.1, 0.15) is 11.8 Å². The number of nitrogens with one attached hydrogen (secondary N) is 2. The molecule has 0 aliphatic carbocycles. The molecule has 2 atom stereocenters. The van der Waals surface area contributed by atoms with Crippen molar-refractivity contribution in [3.8, 4) is 5.75 Å². The minimum atomic E-state index is -0.635. The van der Waals surface area contributed by atoms with Gasteiger partial charge in [0.25, 0.3) is 5.91 Å². The van der Waals surface area contributed by atoms with Gasteiger partial charge in [0.15, 0.2) is 0 Å². The number of carbonyl (C=O) groups is 3. The smallest absolute Gasteiger partial charge is 0.255 e. The number of para-hydroxylation sites is 1. The van der Waals surface area contributed by atoms with Crippen molar-refractivity contribution in [3.05, 3.63) is 29.8 Å². The van der Waals surface area contributed by atoms with Crippen molar-refractivity contribution in [1.29, 1.82) is 0 Å². The maximum absolute atomic E-state index is 13.2. The molecule has 2 unspecified atom stereocenters. The predicted molar refractivity (Wildman–Crippen MR) is 121 cm³/mol. The van der Waals surface area contributed by atoms with E-state index in [1.165, 1.54) is 7.11 Å². The van der Waals surface area contributed by atoms with Gasteiger partial charge in [-0.3, -0.25) is 14.4 Å². The number of rotatable bonds is 8. The molecule has 7 nitrogen and oxygen atoms in total. The fourth-order valence-electron chi connectivity index (χ4n) is 3.63. The molecule has 1 aliphatic rings. The molecule has 2 rings (SSSR count). The van der Waals surface area contributed by atoms with E-state index >= 15 is 0 Å². The van der Waals surface area contributed by atoms with E-state index in [0.29, 0.717) is 43.2 Å². The number of hydrogen-bond donors (Lipinski definition) is 2. The predicted octanol–water partition coefficient (Wildman–Crippen LogP) is 2.85. The Morgan fingerprint density at radius 3 is 2.13 bits per heavy atom. The highest BCUT2D eigenvalue weighted by Gasteiger charge is 2.33. The third kappa shape index (κ3) is 6.45. The molecule has 7 heteroatoms. The van der Waals surface area contributed by atoms with E-state index in [1.54, 1.807) is 29.2 Å². The molecule has 3 amide bonds. The average Bonchev–Trinajstić information content (AvgIpc) is 2.76. The molecule has 1 aromatic carbocycles. The Morgan fingerprint density at radius 2 is 1.58 bits per heavy atom. The molecule has 0 aromatic heterocycles. The average molecular weight is 432 g/mol. The van der Waals surface area contributed by atoms with E-state index in [9.17, 15) is 14.4 Å². The van der Waals surface area contributed by atoms with Crippen LogP contribution in [0.2, 0.25) is 0 Å². The molecule has 31 heavy (non-hydrogen) atoms. The molecular weight excluding hydrogens is 394 g/mol. The standard InChI is InChI=1S/C24H37N3O4/c1-15(2)17(5)25-22(28)18-11-13-27(14-12-18)24(30)21(16(3)4)26-23(29)19-9-7-8-10-20(19)31-6/h7-10,15-18,21H,11-14H2,1-6H3,(H,25,28)(H,26,29). The third-order valence-corrected chi connectivity index (χ3v) is 6.12. The van der Waals surface area contributed by atoms with Crippen molar-refractivity contribution < 1.29 is 19.1 Å². The monoisotopic (exact) mass is 431 g/mol. The lowest BCUT2D eigenvalue weighted by molar-refractivity contribution is -0.138. The molecule has 2 N–H and O–H groups in total. The molecule has 0 bridgehead atoms. The summed E-state index contributed by atoms with van der Waals surface area (Å²) in [6.45, 7) is 11.0. The summed E-state index contributed by atoms with van der Waals surface area (Å²) in [4.78, 5) is 40.3. The summed E-state index contributed by atoms with van der Waals surface area (Å²) in [5.74, 6) is 0.332. The Morgan fingerprint density at radius 1 is 0.968 bits per heavy atom. The molecule has 1 heterocycles. The zero-order chi connectivity index (χ0) is 23.1. The van der Waals surface area contributed by atoms with Gasteiger partial charge in [0.05, 0.1) is 12.7 Å². The van der Waals surface area contributed by atoms with Crippen LogP contribution in [0.15, 0.2) is 24.3 Å². The molecule has 0 saturated carbocycles. The Bertz CT molecular complexity index is 770. The van der Waals surface area contributed by atoms with Crippen LogP contribution in [0.5, 0.6) is 5.75 Å². The van der Waals surface area contributed by atoms with Crippen LogP contribution < -0.4 is 15.4 Å². The summed E-state index contributed by atoms with van der Waals surface area (Å²) < 4.78 is 5.27. The maximum Gasteiger partial charge on any atom is 0.255 e. The first-order chi connectivity index (χ1) is 14.6. The zero-order valence-electron chi connectivity index (χ0n) is 19.6. The maximum atomic E-state index is 13.2. The first-order valence-electron chi connectivity index (χ1n) is 11.2. The van der Waals surface area contributed by atoms with Crippen molar-refractivity contribution in [2.45, 2.75) is 59.5 Å². The van der Waals surface area contributed by atoms with Crippen LogP contribution in [0.3, 0.4) is 0 Å². The minimum Gasteiger partial charge on any atom is -0.496 e. The Labute approximate surface area is 185 Å². The van der Waals surface area contributed by atoms with Gasteiger partial charge in [-0.25, -0.2) is 0 Å². The summed E-state index contributed by atoms with van der Waals surface area (Å²) in [6, 6.07) is 6.45. The van der Waals surface area contributed by atoms with Crippen LogP contribution in [0.4, 0.5) is 0 Å². The lowest BCUT2D eigenvalue weighted by Gasteiger charge is -2.35. The molecule has 1 saturated heterocycles. The normalized spacial score (nSPS) is 16.7. The number of nitrogens with zero attached hydrogens (tertiary/aromatic N) is 1. The summed E-state index contributed by atoms with van der Waals surface area (Å²) >= 11 is 0. The van der Waals surface area contributed by atoms with Crippen LogP contribution in [0, 0.1) is 17.8 Å². The number of benzene rings is 1. The van der Waals surface area contributed by atoms with Gasteiger partial charge < -0.3 is 20.3 Å². The summed E-state index contributed by atoms with van der Waals surface area (Å²) in [7, 11) is 1.51. The second-order valence-corrected chi connectivity index (χ2v) is 9.04. The van der Waals surface area contributed by atoms with Crippen molar-refractivity contribution in [1.82, 2.24) is 15.5 Å².